The largest absolute Gasteiger partial charge is 0.456 e. The zero-order valence-electron chi connectivity index (χ0n) is 23.8. The van der Waals surface area contributed by atoms with Gasteiger partial charge in [0, 0.05) is 44.4 Å². The van der Waals surface area contributed by atoms with Crippen molar-refractivity contribution in [2.24, 2.45) is 17.0 Å². The van der Waals surface area contributed by atoms with E-state index < -0.39 is 41.3 Å². The van der Waals surface area contributed by atoms with Crippen LogP contribution in [0.5, 0.6) is 0 Å². The molecule has 0 spiro atoms. The highest BCUT2D eigenvalue weighted by atomic mass is 31.1. The minimum atomic E-state index is -1.15. The standard InChI is InChI=1S/C25H43N4O7P/c1-14(13-27-28-26)12-25(7,32-10)21(16(3)19-17(4)22(30)36-24(5,6)35-19)34-23-20(37-31)18(29(8)9)11-15(2)33-23/h14-16,18,20-21,23H,11-13H2,1-10H3/t14-,15?,16+,18?,20-,21-,23+,25-/m1/s1. The lowest BCUT2D eigenvalue weighted by Gasteiger charge is -2.47. The first-order chi connectivity index (χ1) is 17.2. The maximum Gasteiger partial charge on any atom is 0.340 e. The van der Waals surface area contributed by atoms with Crippen molar-refractivity contribution in [3.8, 4) is 0 Å². The number of methoxy groups -OCH3 is 1. The van der Waals surface area contributed by atoms with E-state index in [1.807, 2.05) is 46.7 Å². The summed E-state index contributed by atoms with van der Waals surface area (Å²) in [5.41, 5.74) is 7.80. The summed E-state index contributed by atoms with van der Waals surface area (Å²) >= 11 is 0. The van der Waals surface area contributed by atoms with Gasteiger partial charge in [0.1, 0.15) is 11.4 Å². The van der Waals surface area contributed by atoms with E-state index in [0.29, 0.717) is 24.2 Å². The highest BCUT2D eigenvalue weighted by Crippen LogP contribution is 2.41. The fourth-order valence-corrected chi connectivity index (χ4v) is 6.06. The van der Waals surface area contributed by atoms with E-state index in [2.05, 4.69) is 10.0 Å². The van der Waals surface area contributed by atoms with Crippen LogP contribution >= 0.6 is 8.46 Å². The maximum atomic E-state index is 12.7. The van der Waals surface area contributed by atoms with Gasteiger partial charge < -0.3 is 28.6 Å². The number of hydrogen-bond acceptors (Lipinski definition) is 9. The van der Waals surface area contributed by atoms with Gasteiger partial charge in [-0.2, -0.15) is 0 Å². The predicted octanol–water partition coefficient (Wildman–Crippen LogP) is 5.06. The number of carbonyl (C=O) groups excluding carboxylic acids is 1. The smallest absolute Gasteiger partial charge is 0.340 e. The fourth-order valence-electron chi connectivity index (χ4n) is 5.29. The van der Waals surface area contributed by atoms with Gasteiger partial charge in [-0.3, -0.25) is 4.57 Å². The molecule has 0 bridgehead atoms. The molecule has 8 atom stereocenters. The molecule has 0 saturated carbocycles. The first-order valence-corrected chi connectivity index (χ1v) is 13.6. The van der Waals surface area contributed by atoms with E-state index in [-0.39, 0.29) is 33.1 Å². The van der Waals surface area contributed by atoms with Crippen LogP contribution in [0.15, 0.2) is 16.4 Å². The number of hydrogen-bond donors (Lipinski definition) is 0. The molecule has 1 saturated heterocycles. The van der Waals surface area contributed by atoms with E-state index in [1.54, 1.807) is 27.9 Å². The molecule has 2 heterocycles. The highest BCUT2D eigenvalue weighted by Gasteiger charge is 2.49. The molecule has 1 fully saturated rings. The Hall–Kier alpha value is -1.74. The molecule has 2 aliphatic rings. The quantitative estimate of drug-likeness (QED) is 0.110. The maximum absolute atomic E-state index is 12.7. The van der Waals surface area contributed by atoms with Crippen molar-refractivity contribution in [2.45, 2.75) is 103 Å². The Morgan fingerprint density at radius 3 is 2.51 bits per heavy atom. The van der Waals surface area contributed by atoms with E-state index in [1.165, 1.54) is 0 Å². The first kappa shape index (κ1) is 31.5. The molecular formula is C25H43N4O7P. The summed E-state index contributed by atoms with van der Waals surface area (Å²) in [7, 11) is 5.41. The molecule has 0 radical (unpaired) electrons. The molecule has 0 aliphatic carbocycles. The Morgan fingerprint density at radius 1 is 1.32 bits per heavy atom. The van der Waals surface area contributed by atoms with Crippen LogP contribution in [0.1, 0.15) is 61.3 Å². The Labute approximate surface area is 222 Å². The molecule has 0 amide bonds. The zero-order chi connectivity index (χ0) is 28.1. The second kappa shape index (κ2) is 12.9. The number of nitrogens with zero attached hydrogens (tertiary/aromatic N) is 4. The molecule has 210 valence electrons. The minimum Gasteiger partial charge on any atom is -0.456 e. The lowest BCUT2D eigenvalue weighted by Crippen LogP contribution is -2.57. The number of rotatable bonds is 12. The van der Waals surface area contributed by atoms with E-state index in [4.69, 9.17) is 29.2 Å². The van der Waals surface area contributed by atoms with Crippen LogP contribution in [0, 0.1) is 11.8 Å². The number of cyclic esters (lactones) is 1. The summed E-state index contributed by atoms with van der Waals surface area (Å²) in [5, 5.41) is 3.72. The molecule has 0 aromatic rings. The van der Waals surface area contributed by atoms with Gasteiger partial charge in [0.2, 0.25) is 5.79 Å². The summed E-state index contributed by atoms with van der Waals surface area (Å²) in [6.07, 6.45) is -0.402. The van der Waals surface area contributed by atoms with Gasteiger partial charge in [-0.1, -0.05) is 19.0 Å². The van der Waals surface area contributed by atoms with Crippen LogP contribution in [-0.2, 0) is 33.0 Å². The first-order valence-electron chi connectivity index (χ1n) is 12.7. The second-order valence-electron chi connectivity index (χ2n) is 11.1. The molecule has 2 unspecified atom stereocenters. The van der Waals surface area contributed by atoms with Gasteiger partial charge in [0.15, 0.2) is 14.8 Å². The third-order valence-electron chi connectivity index (χ3n) is 7.19. The van der Waals surface area contributed by atoms with Gasteiger partial charge in [-0.05, 0) is 59.2 Å². The van der Waals surface area contributed by atoms with Crippen molar-refractivity contribution < 1.29 is 33.0 Å². The SMILES string of the molecule is CO[C@](C)(C[C@@H](C)CN=[N+]=[N-])[C@H](O[C@@H]1OC(C)CC(N(C)C)[C@H]1P=O)[C@@H](C)C1=C(C)C(=O)OC(C)(C)O1. The minimum absolute atomic E-state index is 0.0256. The zero-order valence-corrected chi connectivity index (χ0v) is 24.7. The van der Waals surface area contributed by atoms with E-state index >= 15 is 0 Å². The van der Waals surface area contributed by atoms with Gasteiger partial charge >= 0.3 is 5.97 Å². The van der Waals surface area contributed by atoms with Gasteiger partial charge in [-0.15, -0.1) is 0 Å². The van der Waals surface area contributed by atoms with Gasteiger partial charge in [0.05, 0.1) is 23.4 Å². The molecule has 0 aromatic heterocycles. The van der Waals surface area contributed by atoms with Crippen molar-refractivity contribution in [3.63, 3.8) is 0 Å². The van der Waals surface area contributed by atoms with Crippen molar-refractivity contribution in [3.05, 3.63) is 21.8 Å². The van der Waals surface area contributed by atoms with Crippen molar-refractivity contribution in [2.75, 3.05) is 27.7 Å². The lowest BCUT2D eigenvalue weighted by molar-refractivity contribution is -0.266. The number of esters is 1. The molecular weight excluding hydrogens is 499 g/mol. The summed E-state index contributed by atoms with van der Waals surface area (Å²) in [6.45, 7) is 13.1. The fraction of sp³-hybridized carbons (Fsp3) is 0.880. The molecule has 0 N–H and O–H groups in total. The van der Waals surface area contributed by atoms with Gasteiger partial charge in [0.25, 0.3) is 0 Å². The van der Waals surface area contributed by atoms with Crippen molar-refractivity contribution in [1.82, 2.24) is 4.90 Å². The molecule has 2 aliphatic heterocycles. The van der Waals surface area contributed by atoms with E-state index in [0.717, 1.165) is 0 Å². The van der Waals surface area contributed by atoms with Crippen molar-refractivity contribution >= 4 is 14.4 Å². The average Bonchev–Trinajstić information content (AvgIpc) is 2.82. The van der Waals surface area contributed by atoms with E-state index in [9.17, 15) is 9.36 Å². The molecule has 12 heteroatoms. The Kier molecular flexibility index (Phi) is 11.0. The normalized spacial score (nSPS) is 30.1. The molecule has 11 nitrogen and oxygen atoms in total. The number of azide groups is 1. The Bertz CT molecular complexity index is 907. The van der Waals surface area contributed by atoms with Gasteiger partial charge in [-0.25, -0.2) is 4.79 Å². The van der Waals surface area contributed by atoms with Crippen molar-refractivity contribution in [1.29, 1.82) is 0 Å². The van der Waals surface area contributed by atoms with Crippen LogP contribution in [0.4, 0.5) is 0 Å². The predicted molar refractivity (Wildman–Crippen MR) is 139 cm³/mol. The average molecular weight is 543 g/mol. The summed E-state index contributed by atoms with van der Waals surface area (Å²) in [4.78, 5) is 17.6. The second-order valence-corrected chi connectivity index (χ2v) is 12.0. The number of carbonyl (C=O) groups is 1. The highest BCUT2D eigenvalue weighted by molar-refractivity contribution is 7.24. The summed E-state index contributed by atoms with van der Waals surface area (Å²) in [5.74, 6) is -1.66. The Morgan fingerprint density at radius 2 is 1.97 bits per heavy atom. The number of ether oxygens (including phenoxy) is 5. The topological polar surface area (TPSA) is 132 Å². The summed E-state index contributed by atoms with van der Waals surface area (Å²) in [6, 6.07) is -0.0256. The third kappa shape index (κ3) is 7.65. The lowest BCUT2D eigenvalue weighted by atomic mass is 9.80. The summed E-state index contributed by atoms with van der Waals surface area (Å²) < 4.78 is 42.9. The Balaban J connectivity index is 2.55. The van der Waals surface area contributed by atoms with Crippen LogP contribution in [-0.4, -0.2) is 80.2 Å². The third-order valence-corrected chi connectivity index (χ3v) is 8.03. The van der Waals surface area contributed by atoms with Crippen LogP contribution in [0.3, 0.4) is 0 Å². The molecule has 37 heavy (non-hydrogen) atoms. The van der Waals surface area contributed by atoms with Crippen LogP contribution in [0.2, 0.25) is 0 Å². The van der Waals surface area contributed by atoms with Crippen LogP contribution < -0.4 is 0 Å². The monoisotopic (exact) mass is 542 g/mol. The molecule has 2 rings (SSSR count). The van der Waals surface area contributed by atoms with Crippen LogP contribution in [0.25, 0.3) is 10.4 Å². The molecule has 0 aromatic carbocycles.